The molecule has 0 amide bonds. The molecule has 0 fully saturated rings. The Morgan fingerprint density at radius 3 is 2.38 bits per heavy atom. The van der Waals surface area contributed by atoms with Crippen LogP contribution in [0.4, 0.5) is 13.2 Å². The van der Waals surface area contributed by atoms with Crippen LogP contribution in [-0.2, 0) is 6.18 Å². The van der Waals surface area contributed by atoms with E-state index in [9.17, 15) is 18.0 Å². The molecule has 0 spiro atoms. The van der Waals surface area contributed by atoms with E-state index in [0.29, 0.717) is 12.1 Å². The van der Waals surface area contributed by atoms with E-state index in [1.165, 1.54) is 0 Å². The van der Waals surface area contributed by atoms with E-state index in [1.54, 1.807) is 28.7 Å². The van der Waals surface area contributed by atoms with Crippen LogP contribution in [0.5, 0.6) is 0 Å². The number of nitrogens with zero attached hydrogens (tertiary/aromatic N) is 1. The van der Waals surface area contributed by atoms with Crippen molar-refractivity contribution < 1.29 is 18.0 Å². The van der Waals surface area contributed by atoms with Gasteiger partial charge < -0.3 is 0 Å². The van der Waals surface area contributed by atoms with Gasteiger partial charge in [-0.25, -0.2) is 0 Å². The normalized spacial score (nSPS) is 11.0. The van der Waals surface area contributed by atoms with Crippen molar-refractivity contribution in [3.05, 3.63) is 32.4 Å². The highest BCUT2D eigenvalue weighted by atomic mass is 127. The highest BCUT2D eigenvalue weighted by Gasteiger charge is 2.32. The smallest absolute Gasteiger partial charge is 0.276 e. The average molecular weight is 359 g/mol. The van der Waals surface area contributed by atoms with Gasteiger partial charge >= 0.3 is 6.18 Å². The molecule has 1 aromatic carbocycles. The number of benzene rings is 1. The zero-order chi connectivity index (χ0) is 12.5. The second-order valence-corrected chi connectivity index (χ2v) is 4.19. The fourth-order valence-electron chi connectivity index (χ4n) is 1.01. The predicted octanol–water partition coefficient (Wildman–Crippen LogP) is 3.56. The topological polar surface area (TPSA) is 40.9 Å². The van der Waals surface area contributed by atoms with Gasteiger partial charge in [-0.1, -0.05) is 0 Å². The van der Waals surface area contributed by atoms with E-state index < -0.39 is 17.0 Å². The molecular formula is C9H2ClF3INO. The fraction of sp³-hybridized carbons (Fsp3) is 0.111. The Bertz CT molecular complexity index is 493. The van der Waals surface area contributed by atoms with Crippen LogP contribution in [0.25, 0.3) is 0 Å². The third-order valence-electron chi connectivity index (χ3n) is 1.73. The van der Waals surface area contributed by atoms with Crippen molar-refractivity contribution in [2.45, 2.75) is 6.18 Å². The van der Waals surface area contributed by atoms with Gasteiger partial charge in [0.2, 0.25) is 0 Å². The molecule has 0 unspecified atom stereocenters. The molecule has 7 heteroatoms. The molecule has 0 aliphatic heterocycles. The lowest BCUT2D eigenvalue weighted by molar-refractivity contribution is -0.137. The molecule has 1 rings (SSSR count). The molecule has 0 atom stereocenters. The minimum atomic E-state index is -4.61. The predicted molar refractivity (Wildman–Crippen MR) is 59.1 cm³/mol. The summed E-state index contributed by atoms with van der Waals surface area (Å²) < 4.78 is 37.4. The molecule has 2 nitrogen and oxygen atoms in total. The number of hydrogen-bond donors (Lipinski definition) is 0. The second kappa shape index (κ2) is 4.59. The van der Waals surface area contributed by atoms with E-state index in [1.807, 2.05) is 0 Å². The molecular weight excluding hydrogens is 357 g/mol. The van der Waals surface area contributed by atoms with Crippen LogP contribution in [0, 0.1) is 14.9 Å². The monoisotopic (exact) mass is 359 g/mol. The molecule has 0 aliphatic carbocycles. The average Bonchev–Trinajstić information content (AvgIpc) is 2.15. The molecule has 1 aromatic rings. The van der Waals surface area contributed by atoms with Crippen LogP contribution < -0.4 is 0 Å². The standard InChI is InChI=1S/C9H2ClF3INO/c10-8(16)6-2-5(9(11,12)13)1-4(3-15)7(6)14/h1-2H. The first-order chi connectivity index (χ1) is 7.27. The van der Waals surface area contributed by atoms with Crippen molar-refractivity contribution in [3.8, 4) is 6.07 Å². The molecule has 0 radical (unpaired) electrons. The van der Waals surface area contributed by atoms with Crippen LogP contribution in [0.3, 0.4) is 0 Å². The lowest BCUT2D eigenvalue weighted by atomic mass is 10.1. The lowest BCUT2D eigenvalue weighted by Crippen LogP contribution is -2.09. The molecule has 0 saturated carbocycles. The number of carbonyl (C=O) groups is 1. The number of alkyl halides is 3. The van der Waals surface area contributed by atoms with E-state index in [2.05, 4.69) is 0 Å². The van der Waals surface area contributed by atoms with Gasteiger partial charge in [0.1, 0.15) is 6.07 Å². The van der Waals surface area contributed by atoms with Crippen molar-refractivity contribution in [1.82, 2.24) is 0 Å². The largest absolute Gasteiger partial charge is 0.416 e. The zero-order valence-electron chi connectivity index (χ0n) is 7.40. The summed E-state index contributed by atoms with van der Waals surface area (Å²) >= 11 is 6.74. The Morgan fingerprint density at radius 1 is 1.44 bits per heavy atom. The number of hydrogen-bond acceptors (Lipinski definition) is 2. The summed E-state index contributed by atoms with van der Waals surface area (Å²) in [5.74, 6) is 0. The summed E-state index contributed by atoms with van der Waals surface area (Å²) in [6.07, 6.45) is -4.61. The van der Waals surface area contributed by atoms with Gasteiger partial charge in [-0.05, 0) is 46.3 Å². The highest BCUT2D eigenvalue weighted by molar-refractivity contribution is 14.1. The Hall–Kier alpha value is -0.810. The first kappa shape index (κ1) is 13.3. The van der Waals surface area contributed by atoms with E-state index in [-0.39, 0.29) is 14.7 Å². The van der Waals surface area contributed by atoms with Crippen molar-refractivity contribution in [3.63, 3.8) is 0 Å². The highest BCUT2D eigenvalue weighted by Crippen LogP contribution is 2.33. The Morgan fingerprint density at radius 2 is 2.00 bits per heavy atom. The maximum atomic E-state index is 12.4. The zero-order valence-corrected chi connectivity index (χ0v) is 10.3. The maximum absolute atomic E-state index is 12.4. The summed E-state index contributed by atoms with van der Waals surface area (Å²) in [6.45, 7) is 0. The van der Waals surface area contributed by atoms with Gasteiger partial charge in [0.05, 0.1) is 11.1 Å². The van der Waals surface area contributed by atoms with Gasteiger partial charge in [0, 0.05) is 9.13 Å². The number of carbonyl (C=O) groups excluding carboxylic acids is 1. The van der Waals surface area contributed by atoms with Gasteiger partial charge in [-0.3, -0.25) is 4.79 Å². The Balaban J connectivity index is 3.54. The molecule has 0 aliphatic rings. The van der Waals surface area contributed by atoms with E-state index in [0.717, 1.165) is 0 Å². The van der Waals surface area contributed by atoms with Crippen LogP contribution in [0.15, 0.2) is 12.1 Å². The quantitative estimate of drug-likeness (QED) is 0.568. The second-order valence-electron chi connectivity index (χ2n) is 2.77. The molecule has 0 heterocycles. The number of rotatable bonds is 1. The fourth-order valence-corrected chi connectivity index (χ4v) is 2.00. The third-order valence-corrected chi connectivity index (χ3v) is 3.10. The van der Waals surface area contributed by atoms with Gasteiger partial charge in [-0.15, -0.1) is 0 Å². The molecule has 0 aromatic heterocycles. The van der Waals surface area contributed by atoms with Crippen LogP contribution in [0.2, 0.25) is 0 Å². The Kier molecular flexibility index (Phi) is 3.80. The molecule has 84 valence electrons. The van der Waals surface area contributed by atoms with Crippen molar-refractivity contribution in [2.75, 3.05) is 0 Å². The van der Waals surface area contributed by atoms with Crippen LogP contribution >= 0.6 is 34.2 Å². The number of halogens is 5. The third kappa shape index (κ3) is 2.65. The van der Waals surface area contributed by atoms with E-state index in [4.69, 9.17) is 16.9 Å². The number of nitriles is 1. The van der Waals surface area contributed by atoms with Crippen LogP contribution in [0.1, 0.15) is 21.5 Å². The van der Waals surface area contributed by atoms with Crippen molar-refractivity contribution in [2.24, 2.45) is 0 Å². The minimum Gasteiger partial charge on any atom is -0.276 e. The molecule has 16 heavy (non-hydrogen) atoms. The van der Waals surface area contributed by atoms with Crippen molar-refractivity contribution in [1.29, 1.82) is 5.26 Å². The van der Waals surface area contributed by atoms with Gasteiger partial charge in [0.25, 0.3) is 5.24 Å². The summed E-state index contributed by atoms with van der Waals surface area (Å²) in [7, 11) is 0. The Labute approximate surface area is 107 Å². The SMILES string of the molecule is N#Cc1cc(C(F)(F)F)cc(C(=O)Cl)c1I. The van der Waals surface area contributed by atoms with E-state index >= 15 is 0 Å². The van der Waals surface area contributed by atoms with Crippen LogP contribution in [-0.4, -0.2) is 5.24 Å². The summed E-state index contributed by atoms with van der Waals surface area (Å²) in [5.41, 5.74) is -1.60. The summed E-state index contributed by atoms with van der Waals surface area (Å²) in [5, 5.41) is 7.62. The minimum absolute atomic E-state index is 0.119. The molecule has 0 saturated heterocycles. The maximum Gasteiger partial charge on any atom is 0.416 e. The van der Waals surface area contributed by atoms with Gasteiger partial charge in [0.15, 0.2) is 0 Å². The first-order valence-corrected chi connectivity index (χ1v) is 5.23. The molecule has 0 bridgehead atoms. The van der Waals surface area contributed by atoms with Gasteiger partial charge in [-0.2, -0.15) is 18.4 Å². The molecule has 0 N–H and O–H groups in total. The van der Waals surface area contributed by atoms with Crippen molar-refractivity contribution >= 4 is 39.4 Å². The summed E-state index contributed by atoms with van der Waals surface area (Å²) in [6, 6.07) is 2.91. The lowest BCUT2D eigenvalue weighted by Gasteiger charge is -2.09. The summed E-state index contributed by atoms with van der Waals surface area (Å²) in [4.78, 5) is 10.9. The first-order valence-electron chi connectivity index (χ1n) is 3.78.